The number of halogens is 2. The molecule has 0 aliphatic carbocycles. The van der Waals surface area contributed by atoms with Crippen molar-refractivity contribution in [3.8, 4) is 0 Å². The Labute approximate surface area is 230 Å². The molecule has 1 aliphatic heterocycles. The molecule has 212 valence electrons. The average molecular weight is 543 g/mol. The summed E-state index contributed by atoms with van der Waals surface area (Å²) in [7, 11) is 0. The Balaban J connectivity index is 2.27. The summed E-state index contributed by atoms with van der Waals surface area (Å²) in [6.07, 6.45) is 8.58. The van der Waals surface area contributed by atoms with E-state index in [1.807, 2.05) is 39.8 Å². The van der Waals surface area contributed by atoms with Gasteiger partial charge in [-0.25, -0.2) is 13.6 Å². The van der Waals surface area contributed by atoms with Crippen LogP contribution in [0.1, 0.15) is 75.9 Å². The monoisotopic (exact) mass is 542 g/mol. The minimum absolute atomic E-state index is 0.113. The van der Waals surface area contributed by atoms with E-state index in [1.165, 1.54) is 17.0 Å². The number of carbonyl (C=O) groups is 2. The van der Waals surface area contributed by atoms with Gasteiger partial charge in [0, 0.05) is 30.9 Å². The van der Waals surface area contributed by atoms with Crippen molar-refractivity contribution >= 4 is 23.9 Å². The van der Waals surface area contributed by atoms with Gasteiger partial charge in [-0.15, -0.1) is 0 Å². The normalized spacial score (nSPS) is 15.8. The van der Waals surface area contributed by atoms with Gasteiger partial charge in [0.2, 0.25) is 0 Å². The number of nitrogens with one attached hydrogen (secondary N) is 1. The second-order valence-corrected chi connectivity index (χ2v) is 9.45. The first kappa shape index (κ1) is 31.6. The maximum Gasteiger partial charge on any atom is 0.410 e. The smallest absolute Gasteiger partial charge is 0.410 e. The van der Waals surface area contributed by atoms with E-state index in [1.54, 1.807) is 12.3 Å². The largest absolute Gasteiger partial charge is 0.447 e. The Morgan fingerprint density at radius 3 is 2.62 bits per heavy atom. The molecule has 9 heteroatoms. The Hall–Kier alpha value is -3.62. The first-order valence-corrected chi connectivity index (χ1v) is 13.4. The van der Waals surface area contributed by atoms with Gasteiger partial charge in [0.1, 0.15) is 19.1 Å². The third-order valence-corrected chi connectivity index (χ3v) is 6.72. The van der Waals surface area contributed by atoms with Crippen molar-refractivity contribution in [2.75, 3.05) is 19.8 Å². The van der Waals surface area contributed by atoms with Crippen molar-refractivity contribution in [3.63, 3.8) is 0 Å². The van der Waals surface area contributed by atoms with Crippen LogP contribution in [0.4, 0.5) is 13.6 Å². The zero-order valence-electron chi connectivity index (χ0n) is 23.8. The maximum absolute atomic E-state index is 15.0. The van der Waals surface area contributed by atoms with Crippen LogP contribution in [0, 0.1) is 11.7 Å². The standard InChI is InChI=1S/C30H40F2N4O3/c1-7-20(4)27(12-10-11-22(6)28(21(5)8-2)35-33-9-3)34-29(37)25-17-24-19-36(30(38)39-16-14-31)15-13-23(24)18-26(25)32/h9-12,17-18,21H,7-8,13-16,19H2,1-6H3,(H,34,37)/b12-10-,22-11+,27-20?,33-9-,35-28+. The van der Waals surface area contributed by atoms with Gasteiger partial charge in [-0.2, -0.15) is 10.2 Å². The molecule has 1 heterocycles. The molecule has 0 saturated heterocycles. The second kappa shape index (κ2) is 15.7. The summed E-state index contributed by atoms with van der Waals surface area (Å²) in [5.41, 5.74) is 4.63. The van der Waals surface area contributed by atoms with Gasteiger partial charge >= 0.3 is 6.09 Å². The highest BCUT2D eigenvalue weighted by molar-refractivity contribution is 6.01. The van der Waals surface area contributed by atoms with Crippen LogP contribution in [0.15, 0.2) is 57.4 Å². The van der Waals surface area contributed by atoms with Crippen LogP contribution in [-0.4, -0.2) is 48.7 Å². The van der Waals surface area contributed by atoms with Crippen LogP contribution in [-0.2, 0) is 17.7 Å². The molecule has 2 rings (SSSR count). The van der Waals surface area contributed by atoms with E-state index < -0.39 is 24.5 Å². The molecule has 1 aromatic carbocycles. The molecule has 0 radical (unpaired) electrons. The number of fused-ring (bicyclic) bond motifs is 1. The molecule has 0 spiro atoms. The van der Waals surface area contributed by atoms with Gasteiger partial charge in [0.25, 0.3) is 5.91 Å². The number of amides is 2. The minimum atomic E-state index is -0.761. The van der Waals surface area contributed by atoms with E-state index in [0.29, 0.717) is 30.6 Å². The van der Waals surface area contributed by atoms with Crippen LogP contribution >= 0.6 is 0 Å². The van der Waals surface area contributed by atoms with Crippen molar-refractivity contribution in [1.29, 1.82) is 0 Å². The van der Waals surface area contributed by atoms with Crippen molar-refractivity contribution in [2.24, 2.45) is 16.1 Å². The van der Waals surface area contributed by atoms with E-state index in [-0.39, 0.29) is 24.6 Å². The molecule has 0 bridgehead atoms. The molecule has 0 aromatic heterocycles. The molecule has 1 unspecified atom stereocenters. The first-order valence-electron chi connectivity index (χ1n) is 13.4. The molecule has 1 aromatic rings. The fourth-order valence-electron chi connectivity index (χ4n) is 4.05. The Morgan fingerprint density at radius 2 is 1.97 bits per heavy atom. The summed E-state index contributed by atoms with van der Waals surface area (Å²) < 4.78 is 32.2. The number of hydrogen-bond donors (Lipinski definition) is 1. The average Bonchev–Trinajstić information content (AvgIpc) is 2.94. The Kier molecular flexibility index (Phi) is 12.7. The third kappa shape index (κ3) is 8.97. The lowest BCUT2D eigenvalue weighted by atomic mass is 9.96. The lowest BCUT2D eigenvalue weighted by molar-refractivity contribution is 0.0921. The number of ether oxygens (including phenoxy) is 1. The summed E-state index contributed by atoms with van der Waals surface area (Å²) in [5, 5.41) is 11.2. The summed E-state index contributed by atoms with van der Waals surface area (Å²) in [5.74, 6) is -0.975. The fraction of sp³-hybridized carbons (Fsp3) is 0.467. The zero-order chi connectivity index (χ0) is 28.9. The van der Waals surface area contributed by atoms with Gasteiger partial charge < -0.3 is 15.0 Å². The number of hydrogen-bond acceptors (Lipinski definition) is 5. The summed E-state index contributed by atoms with van der Waals surface area (Å²) >= 11 is 0. The van der Waals surface area contributed by atoms with Crippen LogP contribution in [0.25, 0.3) is 0 Å². The lowest BCUT2D eigenvalue weighted by Gasteiger charge is -2.28. The SMILES string of the molecule is C\C=N/N=C(/C(C)=C/C=C\C(NC(=O)c1cc2c(cc1F)CCN(C(=O)OCCF)C2)=C(C)CC)C(C)CC. The molecule has 2 amide bonds. The maximum atomic E-state index is 15.0. The molecule has 1 atom stereocenters. The van der Waals surface area contributed by atoms with Crippen LogP contribution < -0.4 is 5.32 Å². The summed E-state index contributed by atoms with van der Waals surface area (Å²) in [4.78, 5) is 26.7. The van der Waals surface area contributed by atoms with Crippen molar-refractivity contribution < 1.29 is 23.1 Å². The lowest BCUT2D eigenvalue weighted by Crippen LogP contribution is -2.37. The molecular formula is C30H40F2N4O3. The van der Waals surface area contributed by atoms with E-state index in [9.17, 15) is 18.4 Å². The van der Waals surface area contributed by atoms with Crippen molar-refractivity contribution in [2.45, 2.75) is 67.3 Å². The van der Waals surface area contributed by atoms with E-state index in [0.717, 1.165) is 28.8 Å². The fourth-order valence-corrected chi connectivity index (χ4v) is 4.05. The van der Waals surface area contributed by atoms with Gasteiger partial charge in [-0.1, -0.05) is 32.9 Å². The van der Waals surface area contributed by atoms with E-state index in [2.05, 4.69) is 29.4 Å². The molecular weight excluding hydrogens is 502 g/mol. The van der Waals surface area contributed by atoms with E-state index >= 15 is 0 Å². The van der Waals surface area contributed by atoms with Gasteiger partial charge in [-0.3, -0.25) is 4.79 Å². The van der Waals surface area contributed by atoms with Crippen LogP contribution in [0.3, 0.4) is 0 Å². The highest BCUT2D eigenvalue weighted by atomic mass is 19.1. The van der Waals surface area contributed by atoms with Crippen molar-refractivity contribution in [1.82, 2.24) is 10.2 Å². The van der Waals surface area contributed by atoms with Crippen LogP contribution in [0.2, 0.25) is 0 Å². The second-order valence-electron chi connectivity index (χ2n) is 9.45. The van der Waals surface area contributed by atoms with Crippen molar-refractivity contribution in [3.05, 3.63) is 69.7 Å². The topological polar surface area (TPSA) is 83.4 Å². The predicted molar refractivity (Wildman–Crippen MR) is 152 cm³/mol. The molecule has 1 N–H and O–H groups in total. The van der Waals surface area contributed by atoms with Gasteiger partial charge in [0.05, 0.1) is 11.3 Å². The number of benzene rings is 1. The number of allylic oxidation sites excluding steroid dienone is 5. The third-order valence-electron chi connectivity index (χ3n) is 6.72. The van der Waals surface area contributed by atoms with Gasteiger partial charge in [-0.05, 0) is 80.5 Å². The molecule has 0 saturated carbocycles. The highest BCUT2D eigenvalue weighted by Crippen LogP contribution is 2.24. The minimum Gasteiger partial charge on any atom is -0.447 e. The van der Waals surface area contributed by atoms with Gasteiger partial charge in [0.15, 0.2) is 0 Å². The molecule has 7 nitrogen and oxygen atoms in total. The number of rotatable bonds is 11. The highest BCUT2D eigenvalue weighted by Gasteiger charge is 2.25. The number of nitrogens with zero attached hydrogens (tertiary/aromatic N) is 3. The molecule has 0 fully saturated rings. The number of carbonyl (C=O) groups excluding carboxylic acids is 2. The summed E-state index contributed by atoms with van der Waals surface area (Å²) in [6, 6.07) is 2.82. The summed E-state index contributed by atoms with van der Waals surface area (Å²) in [6.45, 7) is 11.3. The first-order chi connectivity index (χ1) is 18.7. The predicted octanol–water partition coefficient (Wildman–Crippen LogP) is 6.70. The zero-order valence-corrected chi connectivity index (χ0v) is 23.8. The van der Waals surface area contributed by atoms with E-state index in [4.69, 9.17) is 4.74 Å². The Bertz CT molecular complexity index is 1180. The Morgan fingerprint density at radius 1 is 1.23 bits per heavy atom. The van der Waals surface area contributed by atoms with Crippen LogP contribution in [0.5, 0.6) is 0 Å². The molecule has 39 heavy (non-hydrogen) atoms. The molecule has 1 aliphatic rings. The quantitative estimate of drug-likeness (QED) is 0.192. The number of alkyl halides is 1.